The second kappa shape index (κ2) is 7.33. The molecule has 0 N–H and O–H groups in total. The molecule has 0 aliphatic heterocycles. The number of benzene rings is 1. The summed E-state index contributed by atoms with van der Waals surface area (Å²) in [6.45, 7) is 5.19. The van der Waals surface area contributed by atoms with E-state index in [2.05, 4.69) is 57.1 Å². The summed E-state index contributed by atoms with van der Waals surface area (Å²) in [4.78, 5) is 2.26. The molecule has 0 fully saturated rings. The minimum Gasteiger partial charge on any atom is -0.494 e. The van der Waals surface area contributed by atoms with Crippen molar-refractivity contribution in [2.75, 3.05) is 20.7 Å². The van der Waals surface area contributed by atoms with E-state index in [0.717, 1.165) is 25.2 Å². The van der Waals surface area contributed by atoms with Crippen LogP contribution in [0.15, 0.2) is 24.3 Å². The molecule has 0 saturated heterocycles. The van der Waals surface area contributed by atoms with Crippen molar-refractivity contribution in [1.82, 2.24) is 4.90 Å². The summed E-state index contributed by atoms with van der Waals surface area (Å²) >= 11 is 0. The lowest BCUT2D eigenvalue weighted by atomic mass is 10.1. The van der Waals surface area contributed by atoms with Crippen LogP contribution in [0.3, 0.4) is 0 Å². The van der Waals surface area contributed by atoms with Crippen LogP contribution in [-0.2, 0) is 6.42 Å². The topological polar surface area (TPSA) is 12.5 Å². The highest BCUT2D eigenvalue weighted by Gasteiger charge is 2.04. The third kappa shape index (κ3) is 5.22. The molecule has 0 radical (unpaired) electrons. The fraction of sp³-hybridized carbons (Fsp3) is 0.600. The lowest BCUT2D eigenvalue weighted by molar-refractivity contribution is 0.299. The van der Waals surface area contributed by atoms with E-state index in [4.69, 9.17) is 4.74 Å². The Morgan fingerprint density at radius 1 is 1.18 bits per heavy atom. The molecular formula is C15H25NO. The summed E-state index contributed by atoms with van der Waals surface area (Å²) in [5, 5.41) is 0. The normalized spacial score (nSPS) is 12.8. The maximum atomic E-state index is 5.57. The predicted molar refractivity (Wildman–Crippen MR) is 73.7 cm³/mol. The molecule has 0 bridgehead atoms. The summed E-state index contributed by atoms with van der Waals surface area (Å²) in [5.74, 6) is 0.983. The number of ether oxygens (including phenoxy) is 1. The van der Waals surface area contributed by atoms with Crippen molar-refractivity contribution in [2.45, 2.75) is 39.2 Å². The van der Waals surface area contributed by atoms with E-state index >= 15 is 0 Å². The smallest absolute Gasteiger partial charge is 0.119 e. The van der Waals surface area contributed by atoms with Crippen molar-refractivity contribution >= 4 is 0 Å². The average molecular weight is 235 g/mol. The third-order valence-electron chi connectivity index (χ3n) is 3.13. The summed E-state index contributed by atoms with van der Waals surface area (Å²) in [6, 6.07) is 9.13. The molecule has 0 amide bonds. The summed E-state index contributed by atoms with van der Waals surface area (Å²) < 4.78 is 5.57. The van der Waals surface area contributed by atoms with Gasteiger partial charge >= 0.3 is 0 Å². The van der Waals surface area contributed by atoms with Gasteiger partial charge in [-0.15, -0.1) is 0 Å². The zero-order valence-electron chi connectivity index (χ0n) is 11.6. The molecule has 0 saturated carbocycles. The van der Waals surface area contributed by atoms with Crippen LogP contribution >= 0.6 is 0 Å². The third-order valence-corrected chi connectivity index (χ3v) is 3.13. The van der Waals surface area contributed by atoms with Crippen molar-refractivity contribution in [3.63, 3.8) is 0 Å². The molecule has 1 rings (SSSR count). The number of hydrogen-bond donors (Lipinski definition) is 0. The zero-order valence-corrected chi connectivity index (χ0v) is 11.6. The minimum atomic E-state index is 0.631. The molecule has 1 aromatic carbocycles. The lowest BCUT2D eigenvalue weighted by Gasteiger charge is -2.19. The van der Waals surface area contributed by atoms with Gasteiger partial charge < -0.3 is 9.64 Å². The van der Waals surface area contributed by atoms with Crippen molar-refractivity contribution in [2.24, 2.45) is 0 Å². The van der Waals surface area contributed by atoms with Crippen molar-refractivity contribution in [3.05, 3.63) is 29.8 Å². The van der Waals surface area contributed by atoms with E-state index in [-0.39, 0.29) is 0 Å². The van der Waals surface area contributed by atoms with Gasteiger partial charge in [0.1, 0.15) is 5.75 Å². The van der Waals surface area contributed by atoms with Crippen LogP contribution < -0.4 is 4.74 Å². The SMILES string of the molecule is CCCOc1ccc(CCC(C)N(C)C)cc1. The molecule has 0 aromatic heterocycles. The molecular weight excluding hydrogens is 210 g/mol. The first-order chi connectivity index (χ1) is 8.13. The highest BCUT2D eigenvalue weighted by molar-refractivity contribution is 5.27. The molecule has 0 aliphatic carbocycles. The Kier molecular flexibility index (Phi) is 6.06. The van der Waals surface area contributed by atoms with Gasteiger partial charge in [0.05, 0.1) is 6.61 Å². The largest absolute Gasteiger partial charge is 0.494 e. The first kappa shape index (κ1) is 14.0. The van der Waals surface area contributed by atoms with Gasteiger partial charge in [0.25, 0.3) is 0 Å². The molecule has 0 spiro atoms. The monoisotopic (exact) mass is 235 g/mol. The number of aryl methyl sites for hydroxylation is 1. The van der Waals surface area contributed by atoms with Crippen LogP contribution in [0.2, 0.25) is 0 Å². The van der Waals surface area contributed by atoms with Crippen LogP contribution in [0.4, 0.5) is 0 Å². The molecule has 0 aliphatic rings. The van der Waals surface area contributed by atoms with E-state index in [0.29, 0.717) is 6.04 Å². The van der Waals surface area contributed by atoms with Gasteiger partial charge in [0, 0.05) is 6.04 Å². The van der Waals surface area contributed by atoms with Gasteiger partial charge in [-0.3, -0.25) is 0 Å². The van der Waals surface area contributed by atoms with E-state index in [1.807, 2.05) is 0 Å². The maximum absolute atomic E-state index is 5.57. The first-order valence-corrected chi connectivity index (χ1v) is 6.51. The standard InChI is InChI=1S/C15H25NO/c1-5-12-17-15-10-8-14(9-11-15)7-6-13(2)16(3)4/h8-11,13H,5-7,12H2,1-4H3. The Labute approximate surface area is 106 Å². The average Bonchev–Trinajstić information content (AvgIpc) is 2.34. The fourth-order valence-electron chi connectivity index (χ4n) is 1.61. The quantitative estimate of drug-likeness (QED) is 0.718. The molecule has 1 aromatic rings. The fourth-order valence-corrected chi connectivity index (χ4v) is 1.61. The van der Waals surface area contributed by atoms with Crippen LogP contribution in [0.1, 0.15) is 32.3 Å². The van der Waals surface area contributed by atoms with Gasteiger partial charge in [-0.05, 0) is 58.0 Å². The molecule has 2 heteroatoms. The van der Waals surface area contributed by atoms with Crippen LogP contribution in [0.5, 0.6) is 5.75 Å². The van der Waals surface area contributed by atoms with E-state index in [1.165, 1.54) is 12.0 Å². The van der Waals surface area contributed by atoms with E-state index < -0.39 is 0 Å². The van der Waals surface area contributed by atoms with Gasteiger partial charge in [-0.2, -0.15) is 0 Å². The molecule has 1 unspecified atom stereocenters. The number of rotatable bonds is 7. The number of hydrogen-bond acceptors (Lipinski definition) is 2. The Morgan fingerprint density at radius 3 is 2.35 bits per heavy atom. The molecule has 17 heavy (non-hydrogen) atoms. The molecule has 96 valence electrons. The Morgan fingerprint density at radius 2 is 1.82 bits per heavy atom. The first-order valence-electron chi connectivity index (χ1n) is 6.51. The lowest BCUT2D eigenvalue weighted by Crippen LogP contribution is -2.24. The van der Waals surface area contributed by atoms with Gasteiger partial charge in [0.15, 0.2) is 0 Å². The Bertz CT molecular complexity index is 305. The van der Waals surface area contributed by atoms with Gasteiger partial charge in [-0.1, -0.05) is 19.1 Å². The van der Waals surface area contributed by atoms with E-state index in [9.17, 15) is 0 Å². The highest BCUT2D eigenvalue weighted by Crippen LogP contribution is 2.14. The van der Waals surface area contributed by atoms with Crippen LogP contribution in [-0.4, -0.2) is 31.6 Å². The molecule has 1 atom stereocenters. The van der Waals surface area contributed by atoms with E-state index in [1.54, 1.807) is 0 Å². The number of nitrogens with zero attached hydrogens (tertiary/aromatic N) is 1. The second-order valence-electron chi connectivity index (χ2n) is 4.84. The van der Waals surface area contributed by atoms with Crippen molar-refractivity contribution in [1.29, 1.82) is 0 Å². The Balaban J connectivity index is 2.40. The van der Waals surface area contributed by atoms with Gasteiger partial charge in [0.2, 0.25) is 0 Å². The van der Waals surface area contributed by atoms with Crippen LogP contribution in [0, 0.1) is 0 Å². The summed E-state index contributed by atoms with van der Waals surface area (Å²) in [5.41, 5.74) is 1.39. The highest BCUT2D eigenvalue weighted by atomic mass is 16.5. The minimum absolute atomic E-state index is 0.631. The summed E-state index contributed by atoms with van der Waals surface area (Å²) in [7, 11) is 4.26. The molecule has 0 heterocycles. The second-order valence-corrected chi connectivity index (χ2v) is 4.84. The van der Waals surface area contributed by atoms with Crippen LogP contribution in [0.25, 0.3) is 0 Å². The summed E-state index contributed by atoms with van der Waals surface area (Å²) in [6.07, 6.45) is 3.39. The predicted octanol–water partition coefficient (Wildman–Crippen LogP) is 3.36. The maximum Gasteiger partial charge on any atom is 0.119 e. The Hall–Kier alpha value is -1.02. The van der Waals surface area contributed by atoms with Gasteiger partial charge in [-0.25, -0.2) is 0 Å². The molecule has 2 nitrogen and oxygen atoms in total. The van der Waals surface area contributed by atoms with Crippen molar-refractivity contribution < 1.29 is 4.74 Å². The van der Waals surface area contributed by atoms with Crippen molar-refractivity contribution in [3.8, 4) is 5.75 Å². The zero-order chi connectivity index (χ0) is 12.7.